The van der Waals surface area contributed by atoms with E-state index in [0.717, 1.165) is 18.2 Å². The maximum atomic E-state index is 12.6. The van der Waals surface area contributed by atoms with Crippen molar-refractivity contribution >= 4 is 34.9 Å². The molecule has 1 heterocycles. The molecule has 0 unspecified atom stereocenters. The van der Waals surface area contributed by atoms with E-state index in [2.05, 4.69) is 10.1 Å². The number of nitrogens with one attached hydrogen (secondary N) is 1. The van der Waals surface area contributed by atoms with Gasteiger partial charge >= 0.3 is 0 Å². The molecule has 0 saturated heterocycles. The summed E-state index contributed by atoms with van der Waals surface area (Å²) in [6.45, 7) is 1.66. The topological polar surface area (TPSA) is 136 Å². The van der Waals surface area contributed by atoms with Gasteiger partial charge in [-0.05, 0) is 31.2 Å². The third kappa shape index (κ3) is 3.81. The lowest BCUT2D eigenvalue weighted by Crippen LogP contribution is -2.17. The first-order chi connectivity index (χ1) is 13.3. The van der Waals surface area contributed by atoms with Crippen molar-refractivity contribution in [2.45, 2.75) is 6.92 Å². The average molecular weight is 402 g/mol. The smallest absolute Gasteiger partial charge is 0.280 e. The van der Waals surface area contributed by atoms with Crippen LogP contribution in [-0.4, -0.2) is 25.8 Å². The van der Waals surface area contributed by atoms with Crippen molar-refractivity contribution in [3.8, 4) is 5.69 Å². The number of halogens is 1. The van der Waals surface area contributed by atoms with Crippen LogP contribution in [0.3, 0.4) is 0 Å². The minimum Gasteiger partial charge on any atom is -0.295 e. The van der Waals surface area contributed by atoms with E-state index in [9.17, 15) is 25.0 Å². The van der Waals surface area contributed by atoms with Gasteiger partial charge in [0.1, 0.15) is 0 Å². The molecule has 10 nitrogen and oxygen atoms in total. The highest BCUT2D eigenvalue weighted by molar-refractivity contribution is 6.30. The fourth-order valence-electron chi connectivity index (χ4n) is 2.49. The zero-order valence-corrected chi connectivity index (χ0v) is 15.1. The molecule has 28 heavy (non-hydrogen) atoms. The normalized spacial score (nSPS) is 11.1. The van der Waals surface area contributed by atoms with Crippen molar-refractivity contribution in [3.05, 3.63) is 89.3 Å². The number of aryl methyl sites for hydroxylation is 1. The van der Waals surface area contributed by atoms with Gasteiger partial charge in [0.15, 0.2) is 0 Å². The Bertz CT molecular complexity index is 1130. The van der Waals surface area contributed by atoms with E-state index < -0.39 is 26.8 Å². The van der Waals surface area contributed by atoms with E-state index >= 15 is 0 Å². The number of aliphatic imine (C=N–C) groups is 1. The zero-order chi connectivity index (χ0) is 20.4. The number of aromatic nitrogens is 2. The van der Waals surface area contributed by atoms with E-state index in [1.54, 1.807) is 31.2 Å². The number of H-pyrrole nitrogens is 1. The van der Waals surface area contributed by atoms with Crippen LogP contribution in [-0.2, 0) is 0 Å². The molecule has 0 bridgehead atoms. The molecule has 0 amide bonds. The van der Waals surface area contributed by atoms with Crippen LogP contribution in [0.5, 0.6) is 0 Å². The molecule has 3 rings (SSSR count). The summed E-state index contributed by atoms with van der Waals surface area (Å²) in [6.07, 6.45) is 1.21. The number of nitro benzene ring substituents is 2. The molecule has 0 aliphatic carbocycles. The highest BCUT2D eigenvalue weighted by Crippen LogP contribution is 2.27. The Kier molecular flexibility index (Phi) is 5.05. The summed E-state index contributed by atoms with van der Waals surface area (Å²) in [7, 11) is 0. The largest absolute Gasteiger partial charge is 0.295 e. The van der Waals surface area contributed by atoms with E-state index in [1.807, 2.05) is 0 Å². The van der Waals surface area contributed by atoms with E-state index in [4.69, 9.17) is 11.6 Å². The molecular formula is C17H12ClN5O5. The quantitative estimate of drug-likeness (QED) is 0.395. The van der Waals surface area contributed by atoms with Gasteiger partial charge in [-0.1, -0.05) is 11.6 Å². The SMILES string of the molecule is Cc1[nH]n(-c2ccc(Cl)cc2)c(=O)c1C=Nc1cc([N+](=O)[O-])cc([N+](=O)[O-])c1. The molecule has 1 N–H and O–H groups in total. The lowest BCUT2D eigenvalue weighted by atomic mass is 10.2. The highest BCUT2D eigenvalue weighted by atomic mass is 35.5. The van der Waals surface area contributed by atoms with Crippen LogP contribution in [0.25, 0.3) is 5.69 Å². The number of benzene rings is 2. The van der Waals surface area contributed by atoms with Crippen molar-refractivity contribution in [2.75, 3.05) is 0 Å². The fourth-order valence-corrected chi connectivity index (χ4v) is 2.61. The molecule has 0 atom stereocenters. The molecule has 1 aromatic heterocycles. The number of nitro groups is 2. The lowest BCUT2D eigenvalue weighted by Gasteiger charge is -2.00. The first kappa shape index (κ1) is 19.0. The van der Waals surface area contributed by atoms with E-state index in [1.165, 1.54) is 10.9 Å². The van der Waals surface area contributed by atoms with Crippen LogP contribution in [0.2, 0.25) is 5.02 Å². The summed E-state index contributed by atoms with van der Waals surface area (Å²) in [5, 5.41) is 25.3. The maximum absolute atomic E-state index is 12.6. The Hall–Kier alpha value is -3.79. The number of hydrogen-bond donors (Lipinski definition) is 1. The molecule has 142 valence electrons. The zero-order valence-electron chi connectivity index (χ0n) is 14.3. The summed E-state index contributed by atoms with van der Waals surface area (Å²) in [5.41, 5.74) is -0.0743. The van der Waals surface area contributed by atoms with E-state index in [-0.39, 0.29) is 11.3 Å². The Balaban J connectivity index is 2.02. The number of aromatic amines is 1. The van der Waals surface area contributed by atoms with Gasteiger partial charge in [-0.3, -0.25) is 35.1 Å². The van der Waals surface area contributed by atoms with Gasteiger partial charge in [0.05, 0.1) is 32.9 Å². The van der Waals surface area contributed by atoms with Crippen LogP contribution in [0.4, 0.5) is 17.1 Å². The van der Waals surface area contributed by atoms with Crippen molar-refractivity contribution in [1.29, 1.82) is 0 Å². The first-order valence-corrected chi connectivity index (χ1v) is 8.19. The Morgan fingerprint density at radius 1 is 1.07 bits per heavy atom. The average Bonchev–Trinajstić information content (AvgIpc) is 2.94. The summed E-state index contributed by atoms with van der Waals surface area (Å²) in [6, 6.07) is 9.60. The van der Waals surface area contributed by atoms with Gasteiger partial charge in [0.25, 0.3) is 16.9 Å². The minimum atomic E-state index is -0.749. The second-order valence-electron chi connectivity index (χ2n) is 5.75. The minimum absolute atomic E-state index is 0.0149. The van der Waals surface area contributed by atoms with Crippen LogP contribution in [0.1, 0.15) is 11.3 Å². The predicted octanol–water partition coefficient (Wildman–Crippen LogP) is 3.69. The molecule has 2 aromatic carbocycles. The van der Waals surface area contributed by atoms with Gasteiger partial charge in [0, 0.05) is 29.1 Å². The molecule has 0 spiro atoms. The lowest BCUT2D eigenvalue weighted by molar-refractivity contribution is -0.394. The Morgan fingerprint density at radius 3 is 2.18 bits per heavy atom. The van der Waals surface area contributed by atoms with Gasteiger partial charge in [-0.2, -0.15) is 0 Å². The molecule has 3 aromatic rings. The Labute approximate surface area is 162 Å². The molecular weight excluding hydrogens is 390 g/mol. The van der Waals surface area contributed by atoms with Gasteiger partial charge in [-0.25, -0.2) is 4.68 Å². The molecule has 0 aliphatic rings. The predicted molar refractivity (Wildman–Crippen MR) is 103 cm³/mol. The van der Waals surface area contributed by atoms with Crippen molar-refractivity contribution in [1.82, 2.24) is 9.78 Å². The summed E-state index contributed by atoms with van der Waals surface area (Å²) < 4.78 is 1.29. The van der Waals surface area contributed by atoms with Gasteiger partial charge in [0.2, 0.25) is 0 Å². The van der Waals surface area contributed by atoms with Crippen LogP contribution < -0.4 is 5.56 Å². The van der Waals surface area contributed by atoms with Gasteiger partial charge in [-0.15, -0.1) is 0 Å². The first-order valence-electron chi connectivity index (χ1n) is 7.82. The highest BCUT2D eigenvalue weighted by Gasteiger charge is 2.16. The third-order valence-corrected chi connectivity index (χ3v) is 4.11. The number of rotatable bonds is 5. The van der Waals surface area contributed by atoms with Crippen molar-refractivity contribution in [2.24, 2.45) is 4.99 Å². The second-order valence-corrected chi connectivity index (χ2v) is 6.18. The third-order valence-electron chi connectivity index (χ3n) is 3.85. The molecule has 0 radical (unpaired) electrons. The van der Waals surface area contributed by atoms with Crippen molar-refractivity contribution in [3.63, 3.8) is 0 Å². The molecule has 0 aliphatic heterocycles. The fraction of sp³-hybridized carbons (Fsp3) is 0.0588. The second kappa shape index (κ2) is 7.45. The molecule has 0 saturated carbocycles. The maximum Gasteiger partial charge on any atom is 0.280 e. The summed E-state index contributed by atoms with van der Waals surface area (Å²) in [4.78, 5) is 37.1. The Morgan fingerprint density at radius 2 is 1.64 bits per heavy atom. The summed E-state index contributed by atoms with van der Waals surface area (Å²) >= 11 is 5.85. The number of nitrogens with zero attached hydrogens (tertiary/aromatic N) is 4. The van der Waals surface area contributed by atoms with Crippen LogP contribution in [0, 0.1) is 27.2 Å². The monoisotopic (exact) mass is 401 g/mol. The van der Waals surface area contributed by atoms with E-state index in [0.29, 0.717) is 16.4 Å². The van der Waals surface area contributed by atoms with Crippen molar-refractivity contribution < 1.29 is 9.85 Å². The molecule has 0 fully saturated rings. The molecule has 11 heteroatoms. The standard InChI is InChI=1S/C17H12ClN5O5/c1-10-16(17(24)21(20-10)13-4-2-11(18)3-5-13)9-19-12-6-14(22(25)26)8-15(7-12)23(27)28/h2-9,20H,1H3. The van der Waals surface area contributed by atoms with Crippen LogP contribution >= 0.6 is 11.6 Å². The van der Waals surface area contributed by atoms with Gasteiger partial charge < -0.3 is 0 Å². The van der Waals surface area contributed by atoms with Crippen LogP contribution in [0.15, 0.2) is 52.3 Å². The number of non-ortho nitro benzene ring substituents is 2. The number of hydrogen-bond acceptors (Lipinski definition) is 6. The summed E-state index contributed by atoms with van der Waals surface area (Å²) in [5.74, 6) is 0.